The average molecular weight is 232 g/mol. The average Bonchev–Trinajstić information content (AvgIpc) is 2.65. The largest absolute Gasteiger partial charge is 0.495 e. The van der Waals surface area contributed by atoms with E-state index in [1.807, 2.05) is 12.1 Å². The molecule has 92 valence electrons. The van der Waals surface area contributed by atoms with Gasteiger partial charge in [0.1, 0.15) is 5.75 Å². The highest BCUT2D eigenvalue weighted by Crippen LogP contribution is 2.32. The maximum absolute atomic E-state index is 5.38. The second kappa shape index (κ2) is 4.80. The molecule has 17 heavy (non-hydrogen) atoms. The number of ether oxygens (including phenoxy) is 1. The van der Waals surface area contributed by atoms with Crippen LogP contribution in [0, 0.1) is 6.92 Å². The molecule has 0 radical (unpaired) electrons. The number of aromatic nitrogens is 1. The second-order valence-corrected chi connectivity index (χ2v) is 4.33. The summed E-state index contributed by atoms with van der Waals surface area (Å²) in [6, 6.07) is 6.52. The van der Waals surface area contributed by atoms with E-state index < -0.39 is 0 Å². The number of para-hydroxylation sites is 1. The first-order valence-corrected chi connectivity index (χ1v) is 6.07. The van der Waals surface area contributed by atoms with E-state index in [2.05, 4.69) is 37.1 Å². The van der Waals surface area contributed by atoms with Crippen molar-refractivity contribution in [3.8, 4) is 5.75 Å². The van der Waals surface area contributed by atoms with Gasteiger partial charge in [-0.3, -0.25) is 0 Å². The molecule has 0 spiro atoms. The van der Waals surface area contributed by atoms with Gasteiger partial charge < -0.3 is 15.0 Å². The predicted molar refractivity (Wildman–Crippen MR) is 71.7 cm³/mol. The summed E-state index contributed by atoms with van der Waals surface area (Å²) in [5.41, 5.74) is 3.63. The van der Waals surface area contributed by atoms with Crippen LogP contribution in [-0.2, 0) is 0 Å². The van der Waals surface area contributed by atoms with E-state index in [9.17, 15) is 0 Å². The fourth-order valence-corrected chi connectivity index (χ4v) is 2.48. The molecule has 0 saturated carbocycles. The third-order valence-corrected chi connectivity index (χ3v) is 3.20. The first kappa shape index (κ1) is 12.0. The zero-order valence-electron chi connectivity index (χ0n) is 10.9. The van der Waals surface area contributed by atoms with Crippen molar-refractivity contribution in [3.05, 3.63) is 29.5 Å². The Labute approximate surface area is 102 Å². The lowest BCUT2D eigenvalue weighted by atomic mass is 10.0. The Bertz CT molecular complexity index is 516. The van der Waals surface area contributed by atoms with Crippen LogP contribution in [0.15, 0.2) is 18.2 Å². The van der Waals surface area contributed by atoms with Gasteiger partial charge in [-0.2, -0.15) is 0 Å². The smallest absolute Gasteiger partial charge is 0.142 e. The van der Waals surface area contributed by atoms with Crippen LogP contribution in [0.5, 0.6) is 5.75 Å². The molecular weight excluding hydrogens is 212 g/mol. The van der Waals surface area contributed by atoms with Crippen LogP contribution in [0.2, 0.25) is 0 Å². The fraction of sp³-hybridized carbons (Fsp3) is 0.429. The van der Waals surface area contributed by atoms with Gasteiger partial charge in [0.25, 0.3) is 0 Å². The summed E-state index contributed by atoms with van der Waals surface area (Å²) >= 11 is 0. The lowest BCUT2D eigenvalue weighted by molar-refractivity contribution is 0.419. The Morgan fingerprint density at radius 1 is 1.41 bits per heavy atom. The molecule has 0 aliphatic carbocycles. The second-order valence-electron chi connectivity index (χ2n) is 4.33. The third-order valence-electron chi connectivity index (χ3n) is 3.20. The summed E-state index contributed by atoms with van der Waals surface area (Å²) in [6.45, 7) is 7.40. The van der Waals surface area contributed by atoms with E-state index in [1.165, 1.54) is 16.6 Å². The number of methoxy groups -OCH3 is 1. The number of rotatable bonds is 4. The maximum Gasteiger partial charge on any atom is 0.142 e. The zero-order valence-corrected chi connectivity index (χ0v) is 10.9. The van der Waals surface area contributed by atoms with Crippen LogP contribution >= 0.6 is 0 Å². The molecule has 0 amide bonds. The van der Waals surface area contributed by atoms with Crippen LogP contribution in [-0.4, -0.2) is 18.6 Å². The quantitative estimate of drug-likeness (QED) is 0.849. The molecular formula is C14H20N2O. The van der Waals surface area contributed by atoms with Crippen molar-refractivity contribution in [1.29, 1.82) is 0 Å². The Morgan fingerprint density at radius 3 is 2.82 bits per heavy atom. The Hall–Kier alpha value is -1.48. The van der Waals surface area contributed by atoms with E-state index in [-0.39, 0.29) is 0 Å². The Kier molecular flexibility index (Phi) is 3.38. The van der Waals surface area contributed by atoms with Crippen molar-refractivity contribution in [2.45, 2.75) is 26.8 Å². The van der Waals surface area contributed by atoms with Crippen molar-refractivity contribution in [3.63, 3.8) is 0 Å². The molecule has 1 aromatic carbocycles. The number of fused-ring (bicyclic) bond motifs is 1. The number of H-pyrrole nitrogens is 1. The minimum absolute atomic E-state index is 0.348. The molecule has 0 bridgehead atoms. The van der Waals surface area contributed by atoms with E-state index >= 15 is 0 Å². The lowest BCUT2D eigenvalue weighted by Gasteiger charge is -2.13. The van der Waals surface area contributed by atoms with E-state index in [1.54, 1.807) is 7.11 Å². The number of hydrogen-bond donors (Lipinski definition) is 2. The van der Waals surface area contributed by atoms with Gasteiger partial charge in [-0.25, -0.2) is 0 Å². The van der Waals surface area contributed by atoms with E-state index in [0.717, 1.165) is 17.8 Å². The minimum atomic E-state index is 0.348. The van der Waals surface area contributed by atoms with E-state index in [0.29, 0.717) is 6.04 Å². The molecule has 2 rings (SSSR count). The molecule has 0 fully saturated rings. The number of hydrogen-bond acceptors (Lipinski definition) is 2. The summed E-state index contributed by atoms with van der Waals surface area (Å²) in [7, 11) is 1.71. The summed E-state index contributed by atoms with van der Waals surface area (Å²) in [6.07, 6.45) is 0. The minimum Gasteiger partial charge on any atom is -0.495 e. The van der Waals surface area contributed by atoms with Crippen molar-refractivity contribution in [2.75, 3.05) is 13.7 Å². The molecule has 1 atom stereocenters. The molecule has 1 unspecified atom stereocenters. The first-order valence-electron chi connectivity index (χ1n) is 6.07. The number of aryl methyl sites for hydroxylation is 1. The van der Waals surface area contributed by atoms with Gasteiger partial charge in [0, 0.05) is 17.1 Å². The van der Waals surface area contributed by atoms with Crippen LogP contribution in [0.3, 0.4) is 0 Å². The Morgan fingerprint density at radius 2 is 2.18 bits per heavy atom. The van der Waals surface area contributed by atoms with Crippen molar-refractivity contribution >= 4 is 10.9 Å². The molecule has 3 nitrogen and oxygen atoms in total. The molecule has 0 aliphatic rings. The topological polar surface area (TPSA) is 37.0 Å². The van der Waals surface area contributed by atoms with Gasteiger partial charge in [0.15, 0.2) is 0 Å². The van der Waals surface area contributed by atoms with Crippen LogP contribution in [0.4, 0.5) is 0 Å². The third kappa shape index (κ3) is 2.03. The highest BCUT2D eigenvalue weighted by atomic mass is 16.5. The zero-order chi connectivity index (χ0) is 12.4. The summed E-state index contributed by atoms with van der Waals surface area (Å²) in [4.78, 5) is 3.42. The molecule has 2 N–H and O–H groups in total. The monoisotopic (exact) mass is 232 g/mol. The number of benzene rings is 1. The number of aromatic amines is 1. The molecule has 1 aromatic heterocycles. The van der Waals surface area contributed by atoms with Gasteiger partial charge in [0.05, 0.1) is 12.6 Å². The van der Waals surface area contributed by atoms with Gasteiger partial charge in [-0.15, -0.1) is 0 Å². The van der Waals surface area contributed by atoms with Crippen molar-refractivity contribution in [1.82, 2.24) is 10.3 Å². The van der Waals surface area contributed by atoms with E-state index in [4.69, 9.17) is 4.74 Å². The SMILES string of the molecule is CCNC(C)c1c(C)[nH]c2c(OC)cccc12. The van der Waals surface area contributed by atoms with Crippen molar-refractivity contribution < 1.29 is 4.74 Å². The fourth-order valence-electron chi connectivity index (χ4n) is 2.48. The van der Waals surface area contributed by atoms with Gasteiger partial charge >= 0.3 is 0 Å². The first-order chi connectivity index (χ1) is 8.19. The molecule has 0 aliphatic heterocycles. The molecule has 2 aromatic rings. The normalized spacial score (nSPS) is 12.9. The number of nitrogens with one attached hydrogen (secondary N) is 2. The Balaban J connectivity index is 2.59. The van der Waals surface area contributed by atoms with Gasteiger partial charge in [0.2, 0.25) is 0 Å². The van der Waals surface area contributed by atoms with Crippen molar-refractivity contribution in [2.24, 2.45) is 0 Å². The van der Waals surface area contributed by atoms with Crippen LogP contribution in [0.25, 0.3) is 10.9 Å². The van der Waals surface area contributed by atoms with Crippen LogP contribution in [0.1, 0.15) is 31.1 Å². The molecule has 3 heteroatoms. The van der Waals surface area contributed by atoms with Gasteiger partial charge in [-0.1, -0.05) is 19.1 Å². The highest BCUT2D eigenvalue weighted by Gasteiger charge is 2.15. The predicted octanol–water partition coefficient (Wildman–Crippen LogP) is 3.16. The maximum atomic E-state index is 5.38. The standard InChI is InChI=1S/C14H20N2O/c1-5-15-9(2)13-10(3)16-14-11(13)7-6-8-12(14)17-4/h6-9,15-16H,5H2,1-4H3. The summed E-state index contributed by atoms with van der Waals surface area (Å²) in [5, 5.41) is 4.70. The summed E-state index contributed by atoms with van der Waals surface area (Å²) < 4.78 is 5.38. The van der Waals surface area contributed by atoms with Gasteiger partial charge in [-0.05, 0) is 32.0 Å². The van der Waals surface area contributed by atoms with Crippen LogP contribution < -0.4 is 10.1 Å². The summed E-state index contributed by atoms with van der Waals surface area (Å²) in [5.74, 6) is 0.903. The lowest BCUT2D eigenvalue weighted by Crippen LogP contribution is -2.18. The highest BCUT2D eigenvalue weighted by molar-refractivity contribution is 5.90. The molecule has 1 heterocycles. The molecule has 0 saturated heterocycles.